The summed E-state index contributed by atoms with van der Waals surface area (Å²) >= 11 is 0. The fourth-order valence-corrected chi connectivity index (χ4v) is 3.76. The number of ether oxygens (including phenoxy) is 1. The van der Waals surface area contributed by atoms with E-state index in [9.17, 15) is 20.1 Å². The van der Waals surface area contributed by atoms with Crippen molar-refractivity contribution in [3.05, 3.63) is 36.5 Å². The molecule has 1 saturated heterocycles. The number of aliphatic hydroxyl groups is 3. The van der Waals surface area contributed by atoms with Crippen LogP contribution >= 0.6 is 0 Å². The first-order chi connectivity index (χ1) is 9.23. The Bertz CT molecular complexity index is 550. The third kappa shape index (κ3) is 1.30. The van der Waals surface area contributed by atoms with E-state index in [0.717, 1.165) is 0 Å². The molecule has 0 amide bonds. The molecule has 0 unspecified atom stereocenters. The lowest BCUT2D eigenvalue weighted by Gasteiger charge is -2.41. The van der Waals surface area contributed by atoms with Gasteiger partial charge in [-0.1, -0.05) is 19.7 Å². The minimum absolute atomic E-state index is 0.0700. The molecule has 5 heteroatoms. The zero-order valence-corrected chi connectivity index (χ0v) is 11.1. The Morgan fingerprint density at radius 2 is 1.90 bits per heavy atom. The van der Waals surface area contributed by atoms with Gasteiger partial charge in [-0.05, 0) is 24.0 Å². The monoisotopic (exact) mass is 278 g/mol. The predicted octanol–water partition coefficient (Wildman–Crippen LogP) is 0.217. The zero-order valence-electron chi connectivity index (χ0n) is 11.1. The van der Waals surface area contributed by atoms with E-state index in [1.54, 1.807) is 0 Å². The third-order valence-electron chi connectivity index (χ3n) is 5.07. The minimum Gasteiger partial charge on any atom is -0.455 e. The minimum atomic E-state index is -1.92. The number of carbonyl (C=O) groups excluding carboxylic acids is 1. The molecule has 0 bridgehead atoms. The van der Waals surface area contributed by atoms with Gasteiger partial charge < -0.3 is 20.1 Å². The van der Waals surface area contributed by atoms with Gasteiger partial charge in [-0.2, -0.15) is 0 Å². The summed E-state index contributed by atoms with van der Waals surface area (Å²) in [6.45, 7) is 11.3. The summed E-state index contributed by atoms with van der Waals surface area (Å²) < 4.78 is 5.25. The Labute approximate surface area is 116 Å². The zero-order chi connectivity index (χ0) is 14.9. The van der Waals surface area contributed by atoms with Gasteiger partial charge in [0.1, 0.15) is 11.7 Å². The second kappa shape index (κ2) is 3.81. The predicted molar refractivity (Wildman–Crippen MR) is 70.5 cm³/mol. The lowest BCUT2D eigenvalue weighted by Crippen LogP contribution is -2.59. The summed E-state index contributed by atoms with van der Waals surface area (Å²) in [6, 6.07) is 0. The van der Waals surface area contributed by atoms with Crippen LogP contribution in [0.5, 0.6) is 0 Å². The van der Waals surface area contributed by atoms with Crippen LogP contribution in [-0.4, -0.2) is 44.7 Å². The van der Waals surface area contributed by atoms with Crippen LogP contribution in [0.4, 0.5) is 0 Å². The smallest absolute Gasteiger partial charge is 0.334 e. The summed E-state index contributed by atoms with van der Waals surface area (Å²) in [5.74, 6) is -0.974. The fraction of sp³-hybridized carbons (Fsp3) is 0.533. The number of hydrogen-bond acceptors (Lipinski definition) is 5. The van der Waals surface area contributed by atoms with Crippen molar-refractivity contribution < 1.29 is 24.9 Å². The molecule has 0 spiro atoms. The van der Waals surface area contributed by atoms with E-state index in [1.165, 1.54) is 0 Å². The molecule has 0 radical (unpaired) electrons. The molecule has 5 nitrogen and oxygen atoms in total. The van der Waals surface area contributed by atoms with E-state index in [2.05, 4.69) is 19.7 Å². The molecular formula is C15H18O5. The van der Waals surface area contributed by atoms with Crippen LogP contribution in [0.3, 0.4) is 0 Å². The molecular weight excluding hydrogens is 260 g/mol. The molecule has 3 rings (SSSR count). The van der Waals surface area contributed by atoms with E-state index in [-0.39, 0.29) is 17.6 Å². The third-order valence-corrected chi connectivity index (χ3v) is 5.07. The first-order valence-electron chi connectivity index (χ1n) is 6.63. The lowest BCUT2D eigenvalue weighted by atomic mass is 9.74. The number of aliphatic hydroxyl groups excluding tert-OH is 1. The first-order valence-corrected chi connectivity index (χ1v) is 6.63. The molecule has 0 aromatic heterocycles. The van der Waals surface area contributed by atoms with Gasteiger partial charge in [0.05, 0.1) is 6.10 Å². The van der Waals surface area contributed by atoms with E-state index < -0.39 is 35.3 Å². The SMILES string of the molecule is C=C1C(=O)O[C@H]2[C@H]1CCC(=C)[C@]1(O)C[C@@H](O)C(=C)[C@]21O. The average molecular weight is 278 g/mol. The number of rotatable bonds is 0. The highest BCUT2D eigenvalue weighted by Gasteiger charge is 2.69. The van der Waals surface area contributed by atoms with Crippen LogP contribution in [-0.2, 0) is 9.53 Å². The lowest BCUT2D eigenvalue weighted by molar-refractivity contribution is -0.172. The Balaban J connectivity index is 2.18. The molecule has 1 heterocycles. The Morgan fingerprint density at radius 1 is 1.25 bits per heavy atom. The van der Waals surface area contributed by atoms with Crippen LogP contribution in [0.1, 0.15) is 19.3 Å². The van der Waals surface area contributed by atoms with Gasteiger partial charge in [0.25, 0.3) is 0 Å². The maximum Gasteiger partial charge on any atom is 0.334 e. The summed E-state index contributed by atoms with van der Waals surface area (Å²) in [7, 11) is 0. The molecule has 0 aromatic carbocycles. The van der Waals surface area contributed by atoms with Crippen molar-refractivity contribution in [1.29, 1.82) is 0 Å². The van der Waals surface area contributed by atoms with Crippen LogP contribution < -0.4 is 0 Å². The van der Waals surface area contributed by atoms with E-state index in [0.29, 0.717) is 18.4 Å². The molecule has 1 aliphatic heterocycles. The van der Waals surface area contributed by atoms with Crippen LogP contribution in [0, 0.1) is 5.92 Å². The quantitative estimate of drug-likeness (QED) is 0.335. The second-order valence-electron chi connectivity index (χ2n) is 5.97. The summed E-state index contributed by atoms with van der Waals surface area (Å²) in [4.78, 5) is 11.7. The van der Waals surface area contributed by atoms with Gasteiger partial charge in [-0.25, -0.2) is 4.79 Å². The molecule has 2 saturated carbocycles. The fourth-order valence-electron chi connectivity index (χ4n) is 3.76. The highest BCUT2D eigenvalue weighted by atomic mass is 16.6. The van der Waals surface area contributed by atoms with E-state index in [1.807, 2.05) is 0 Å². The average Bonchev–Trinajstić information content (AvgIpc) is 2.74. The molecule has 2 aliphatic carbocycles. The maximum absolute atomic E-state index is 11.7. The molecule has 5 atom stereocenters. The Hall–Kier alpha value is -1.43. The van der Waals surface area contributed by atoms with Gasteiger partial charge in [0.2, 0.25) is 0 Å². The number of carbonyl (C=O) groups is 1. The van der Waals surface area contributed by atoms with Crippen molar-refractivity contribution in [3.63, 3.8) is 0 Å². The van der Waals surface area contributed by atoms with Crippen molar-refractivity contribution in [3.8, 4) is 0 Å². The van der Waals surface area contributed by atoms with Crippen molar-refractivity contribution in [1.82, 2.24) is 0 Å². The highest BCUT2D eigenvalue weighted by molar-refractivity contribution is 5.91. The maximum atomic E-state index is 11.7. The molecule has 3 aliphatic rings. The molecule has 20 heavy (non-hydrogen) atoms. The van der Waals surface area contributed by atoms with E-state index in [4.69, 9.17) is 4.74 Å². The van der Waals surface area contributed by atoms with Crippen molar-refractivity contribution >= 4 is 5.97 Å². The largest absolute Gasteiger partial charge is 0.455 e. The van der Waals surface area contributed by atoms with Crippen LogP contribution in [0.2, 0.25) is 0 Å². The highest BCUT2D eigenvalue weighted by Crippen LogP contribution is 2.56. The van der Waals surface area contributed by atoms with Crippen molar-refractivity contribution in [2.45, 2.75) is 42.7 Å². The normalized spacial score (nSPS) is 47.9. The van der Waals surface area contributed by atoms with Crippen molar-refractivity contribution in [2.24, 2.45) is 5.92 Å². The molecule has 3 fully saturated rings. The second-order valence-corrected chi connectivity index (χ2v) is 5.97. The van der Waals surface area contributed by atoms with Crippen LogP contribution in [0.25, 0.3) is 0 Å². The number of hydrogen-bond donors (Lipinski definition) is 3. The number of esters is 1. The Kier molecular flexibility index (Phi) is 2.58. The standard InChI is InChI=1S/C15H18O5/c1-7-4-5-10-8(2)13(17)20-12(10)15(19)9(3)11(16)6-14(7,15)18/h10-12,16,18-19H,1-6H2/t10-,11+,12-,14+,15-/m0/s1. The Morgan fingerprint density at radius 3 is 2.55 bits per heavy atom. The van der Waals surface area contributed by atoms with Crippen molar-refractivity contribution in [2.75, 3.05) is 0 Å². The van der Waals surface area contributed by atoms with Gasteiger partial charge in [-0.3, -0.25) is 0 Å². The van der Waals surface area contributed by atoms with E-state index >= 15 is 0 Å². The van der Waals surface area contributed by atoms with Gasteiger partial charge in [0.15, 0.2) is 5.60 Å². The van der Waals surface area contributed by atoms with Gasteiger partial charge in [0, 0.05) is 17.9 Å². The summed E-state index contributed by atoms with van der Waals surface area (Å²) in [5, 5.41) is 32.0. The molecule has 0 aromatic rings. The number of fused-ring (bicyclic) bond motifs is 3. The van der Waals surface area contributed by atoms with Crippen LogP contribution in [0.15, 0.2) is 36.5 Å². The summed E-state index contributed by atoms with van der Waals surface area (Å²) in [5.41, 5.74) is -2.86. The van der Waals surface area contributed by atoms with Gasteiger partial charge >= 0.3 is 5.97 Å². The summed E-state index contributed by atoms with van der Waals surface area (Å²) in [6.07, 6.45) is -1.18. The topological polar surface area (TPSA) is 87.0 Å². The first kappa shape index (κ1) is 13.5. The molecule has 108 valence electrons. The van der Waals surface area contributed by atoms with Gasteiger partial charge in [-0.15, -0.1) is 0 Å². The molecule has 3 N–H and O–H groups in total.